The quantitative estimate of drug-likeness (QED) is 0.140. The first kappa shape index (κ1) is 32.9. The van der Waals surface area contributed by atoms with Gasteiger partial charge >= 0.3 is 0 Å². The zero-order chi connectivity index (χ0) is 28.3. The van der Waals surface area contributed by atoms with Crippen molar-refractivity contribution in [2.45, 2.75) is 59.8 Å². The highest BCUT2D eigenvalue weighted by molar-refractivity contribution is 6.02. The summed E-state index contributed by atoms with van der Waals surface area (Å²) in [7, 11) is 5.57. The van der Waals surface area contributed by atoms with E-state index < -0.39 is 0 Å². The van der Waals surface area contributed by atoms with Gasteiger partial charge < -0.3 is 4.90 Å². The van der Waals surface area contributed by atoms with E-state index >= 15 is 0 Å². The van der Waals surface area contributed by atoms with E-state index in [4.69, 9.17) is 4.84 Å². The molecule has 3 rings (SSSR count). The fourth-order valence-corrected chi connectivity index (χ4v) is 4.24. The van der Waals surface area contributed by atoms with Gasteiger partial charge in [0.15, 0.2) is 11.5 Å². The highest BCUT2D eigenvalue weighted by atomic mass is 16.6. The second-order valence-electron chi connectivity index (χ2n) is 9.87. The Bertz CT molecular complexity index is 1020. The van der Waals surface area contributed by atoms with Crippen LogP contribution in [0.15, 0.2) is 64.6 Å². The number of para-hydroxylation sites is 1. The molecule has 1 aliphatic carbocycles. The number of nitrogens with zero attached hydrogens (tertiary/aromatic N) is 3. The van der Waals surface area contributed by atoms with Crippen molar-refractivity contribution in [2.24, 2.45) is 21.8 Å². The van der Waals surface area contributed by atoms with E-state index in [1.165, 1.54) is 39.0 Å². The van der Waals surface area contributed by atoms with Gasteiger partial charge in [-0.15, -0.1) is 0 Å². The number of amidine groups is 1. The SMILES string of the molecule is C=Nc1ccccc1C(=NCC)N(C)C.CCC1CCC(C)CC1.CO[NH2+]c1cccc(/C=C/C(C)=O)c1. The largest absolute Gasteiger partial charge is 0.362 e. The second-order valence-corrected chi connectivity index (χ2v) is 9.87. The molecule has 6 nitrogen and oxygen atoms in total. The van der Waals surface area contributed by atoms with Crippen molar-refractivity contribution in [2.75, 3.05) is 27.7 Å². The molecule has 0 heterocycles. The van der Waals surface area contributed by atoms with Gasteiger partial charge in [-0.3, -0.25) is 14.8 Å². The molecule has 2 N–H and O–H groups in total. The second kappa shape index (κ2) is 19.0. The summed E-state index contributed by atoms with van der Waals surface area (Å²) in [5.41, 5.74) is 5.53. The molecule has 0 amide bonds. The average molecular weight is 522 g/mol. The lowest BCUT2D eigenvalue weighted by molar-refractivity contribution is -0.830. The van der Waals surface area contributed by atoms with Gasteiger partial charge in [-0.1, -0.05) is 76.3 Å². The van der Waals surface area contributed by atoms with Gasteiger partial charge in [-0.25, -0.2) is 4.84 Å². The molecule has 2 aromatic carbocycles. The number of benzene rings is 2. The van der Waals surface area contributed by atoms with Crippen LogP contribution in [0.25, 0.3) is 6.08 Å². The minimum atomic E-state index is 0.0473. The summed E-state index contributed by atoms with van der Waals surface area (Å²) in [6, 6.07) is 15.6. The third kappa shape index (κ3) is 12.9. The topological polar surface area (TPSA) is 70.9 Å². The van der Waals surface area contributed by atoms with E-state index in [0.717, 1.165) is 46.7 Å². The number of carbonyl (C=O) groups excluding carboxylic acids is 1. The molecule has 0 spiro atoms. The number of quaternary nitrogens is 1. The zero-order valence-corrected chi connectivity index (χ0v) is 24.6. The van der Waals surface area contributed by atoms with Crippen molar-refractivity contribution in [1.82, 2.24) is 4.90 Å². The number of carbonyl (C=O) groups is 1. The maximum Gasteiger partial charge on any atom is 0.162 e. The first-order valence-corrected chi connectivity index (χ1v) is 13.7. The van der Waals surface area contributed by atoms with Gasteiger partial charge in [-0.2, -0.15) is 5.48 Å². The standard InChI is InChI=1S/C12H17N3.C11H13NO2.C9H18/c1-5-14-12(15(3)4)10-8-6-7-9-11(10)13-2;1-9(13)6-7-10-4-3-5-11(8-10)12-14-2;1-3-9-6-4-8(2)5-7-9/h6-9H,2,5H2,1,3-4H3;3-8,12H,1-2H3;8-9H,3-7H2,1-2H3/p+1/b;7-6+;. The summed E-state index contributed by atoms with van der Waals surface area (Å²) in [5, 5.41) is 0. The average Bonchev–Trinajstić information content (AvgIpc) is 2.92. The molecule has 0 aliphatic heterocycles. The normalized spacial score (nSPS) is 17.1. The molecule has 1 saturated carbocycles. The van der Waals surface area contributed by atoms with Crippen LogP contribution < -0.4 is 5.48 Å². The predicted molar refractivity (Wildman–Crippen MR) is 163 cm³/mol. The van der Waals surface area contributed by atoms with Crippen molar-refractivity contribution in [3.05, 3.63) is 65.7 Å². The predicted octanol–water partition coefficient (Wildman–Crippen LogP) is 6.61. The molecule has 2 aromatic rings. The molecule has 0 saturated heterocycles. The van der Waals surface area contributed by atoms with Crippen LogP contribution in [0.5, 0.6) is 0 Å². The fourth-order valence-electron chi connectivity index (χ4n) is 4.24. The Kier molecular flexibility index (Phi) is 16.5. The van der Waals surface area contributed by atoms with E-state index in [-0.39, 0.29) is 5.78 Å². The number of ketones is 1. The minimum absolute atomic E-state index is 0.0473. The van der Waals surface area contributed by atoms with Gasteiger partial charge in [0.1, 0.15) is 5.84 Å². The summed E-state index contributed by atoms with van der Waals surface area (Å²) in [5.74, 6) is 3.08. The first-order valence-electron chi connectivity index (χ1n) is 13.7. The van der Waals surface area contributed by atoms with E-state index in [1.807, 2.05) is 74.4 Å². The number of aliphatic imine (C=N–C) groups is 2. The molecular formula is C32H49N4O2+. The third-order valence-electron chi connectivity index (χ3n) is 6.43. The highest BCUT2D eigenvalue weighted by Crippen LogP contribution is 2.29. The number of hydrogen-bond acceptors (Lipinski definition) is 4. The van der Waals surface area contributed by atoms with Crippen LogP contribution >= 0.6 is 0 Å². The first-order chi connectivity index (χ1) is 18.2. The van der Waals surface area contributed by atoms with E-state index in [2.05, 4.69) is 30.5 Å². The summed E-state index contributed by atoms with van der Waals surface area (Å²) >= 11 is 0. The maximum absolute atomic E-state index is 10.7. The molecule has 1 fully saturated rings. The summed E-state index contributed by atoms with van der Waals surface area (Å²) < 4.78 is 0. The van der Waals surface area contributed by atoms with Crippen molar-refractivity contribution in [3.63, 3.8) is 0 Å². The third-order valence-corrected chi connectivity index (χ3v) is 6.43. The molecule has 0 radical (unpaired) electrons. The number of allylic oxidation sites excluding steroid dienone is 1. The van der Waals surface area contributed by atoms with Crippen LogP contribution in [0.1, 0.15) is 70.9 Å². The van der Waals surface area contributed by atoms with Crippen LogP contribution in [0.4, 0.5) is 11.4 Å². The lowest BCUT2D eigenvalue weighted by Crippen LogP contribution is -2.75. The van der Waals surface area contributed by atoms with Gasteiger partial charge in [0.25, 0.3) is 0 Å². The minimum Gasteiger partial charge on any atom is -0.362 e. The molecule has 6 heteroatoms. The fraction of sp³-hybridized carbons (Fsp3) is 0.469. The summed E-state index contributed by atoms with van der Waals surface area (Å²) in [6.45, 7) is 12.6. The summed E-state index contributed by atoms with van der Waals surface area (Å²) in [4.78, 5) is 26.1. The molecule has 208 valence electrons. The Hall–Kier alpha value is -3.09. The zero-order valence-electron chi connectivity index (χ0n) is 24.6. The van der Waals surface area contributed by atoms with E-state index in [0.29, 0.717) is 0 Å². The van der Waals surface area contributed by atoms with E-state index in [9.17, 15) is 4.79 Å². The lowest BCUT2D eigenvalue weighted by Gasteiger charge is -2.24. The molecule has 0 bridgehead atoms. The van der Waals surface area contributed by atoms with Crippen molar-refractivity contribution < 1.29 is 15.1 Å². The van der Waals surface area contributed by atoms with Crippen LogP contribution in [0.2, 0.25) is 0 Å². The van der Waals surface area contributed by atoms with Crippen molar-refractivity contribution in [1.29, 1.82) is 0 Å². The van der Waals surface area contributed by atoms with Gasteiger partial charge in [0, 0.05) is 38.3 Å². The Labute approximate surface area is 230 Å². The molecule has 1 aliphatic rings. The van der Waals surface area contributed by atoms with Crippen molar-refractivity contribution in [3.8, 4) is 0 Å². The Morgan fingerprint density at radius 3 is 2.34 bits per heavy atom. The molecule has 0 unspecified atom stereocenters. The van der Waals surface area contributed by atoms with Crippen LogP contribution in [-0.2, 0) is 9.63 Å². The Morgan fingerprint density at radius 2 is 1.79 bits per heavy atom. The Balaban J connectivity index is 0.000000294. The van der Waals surface area contributed by atoms with Crippen molar-refractivity contribution >= 4 is 35.8 Å². The van der Waals surface area contributed by atoms with Gasteiger partial charge in [-0.05, 0) is 56.2 Å². The van der Waals surface area contributed by atoms with Gasteiger partial charge in [0.2, 0.25) is 0 Å². The number of nitrogens with two attached hydrogens (primary N) is 1. The van der Waals surface area contributed by atoms with E-state index in [1.54, 1.807) is 24.7 Å². The molecule has 0 atom stereocenters. The smallest absolute Gasteiger partial charge is 0.162 e. The molecule has 38 heavy (non-hydrogen) atoms. The Morgan fingerprint density at radius 1 is 1.11 bits per heavy atom. The highest BCUT2D eigenvalue weighted by Gasteiger charge is 2.15. The van der Waals surface area contributed by atoms with Crippen LogP contribution in [-0.4, -0.2) is 51.0 Å². The summed E-state index contributed by atoms with van der Waals surface area (Å²) in [6.07, 6.45) is 10.7. The van der Waals surface area contributed by atoms with Crippen LogP contribution in [0.3, 0.4) is 0 Å². The van der Waals surface area contributed by atoms with Crippen LogP contribution in [0, 0.1) is 11.8 Å². The molecular weight excluding hydrogens is 472 g/mol. The van der Waals surface area contributed by atoms with Gasteiger partial charge in [0.05, 0.1) is 12.8 Å². The maximum atomic E-state index is 10.7. The monoisotopic (exact) mass is 521 g/mol. The lowest BCUT2D eigenvalue weighted by atomic mass is 9.82. The number of hydrogen-bond donors (Lipinski definition) is 1. The molecule has 0 aromatic heterocycles. The number of rotatable bonds is 8.